The fraction of sp³-hybridized carbons (Fsp3) is 0.154. The number of carbonyl (C=O) groups is 2. The van der Waals surface area contributed by atoms with Crippen molar-refractivity contribution in [3.63, 3.8) is 0 Å². The second kappa shape index (κ2) is 8.88. The van der Waals surface area contributed by atoms with Crippen LogP contribution in [0.5, 0.6) is 0 Å². The first-order valence-electron chi connectivity index (χ1n) is 11.4. The number of pyridine rings is 1. The third-order valence-electron chi connectivity index (χ3n) is 6.40. The van der Waals surface area contributed by atoms with Crippen LogP contribution in [0.15, 0.2) is 67.1 Å². The number of halogens is 4. The zero-order valence-electron chi connectivity index (χ0n) is 19.5. The number of thioether (sulfide) groups is 1. The molecule has 38 heavy (non-hydrogen) atoms. The third kappa shape index (κ3) is 3.93. The number of anilines is 1. The van der Waals surface area contributed by atoms with Crippen molar-refractivity contribution in [3.05, 3.63) is 83.4 Å². The zero-order valence-corrected chi connectivity index (χ0v) is 21.1. The lowest BCUT2D eigenvalue weighted by Gasteiger charge is -2.33. The van der Waals surface area contributed by atoms with E-state index in [1.165, 1.54) is 25.5 Å². The van der Waals surface area contributed by atoms with Crippen molar-refractivity contribution in [1.29, 1.82) is 0 Å². The van der Waals surface area contributed by atoms with Gasteiger partial charge in [-0.2, -0.15) is 18.3 Å². The smallest absolute Gasteiger partial charge is 0.329 e. The van der Waals surface area contributed by atoms with Gasteiger partial charge in [0, 0.05) is 51.3 Å². The number of aromatic nitrogens is 3. The van der Waals surface area contributed by atoms with Crippen LogP contribution >= 0.6 is 23.4 Å². The lowest BCUT2D eigenvalue weighted by atomic mass is 9.98. The van der Waals surface area contributed by atoms with Gasteiger partial charge in [-0.05, 0) is 17.7 Å². The Hall–Kier alpha value is -3.83. The lowest BCUT2D eigenvalue weighted by molar-refractivity contribution is -0.141. The minimum atomic E-state index is -4.68. The molecule has 2 atom stereocenters. The average molecular weight is 556 g/mol. The number of alkyl halides is 3. The number of rotatable bonds is 3. The molecule has 0 saturated carbocycles. The molecule has 7 nitrogen and oxygen atoms in total. The number of amides is 3. The highest BCUT2D eigenvalue weighted by molar-refractivity contribution is 8.09. The molecular formula is C26H17ClF3N5O2S. The van der Waals surface area contributed by atoms with Gasteiger partial charge in [0.25, 0.3) is 5.91 Å². The Morgan fingerprint density at radius 2 is 1.84 bits per heavy atom. The van der Waals surface area contributed by atoms with Crippen LogP contribution in [0.3, 0.4) is 0 Å². The fourth-order valence-corrected chi connectivity index (χ4v) is 6.47. The molecule has 192 valence electrons. The standard InChI is InChI=1S/C26H17ClF3N5O2S/c1-34-12-16(23(33-34)26(28,29)30)15-7-4-8-17(27)21(15)20-9-18-22(38-20)24(36)35(25(37)32-18)19-11-31-10-13-5-2-3-6-14(13)19/h2-12,18,22H,1H3,(H,32,37). The van der Waals surface area contributed by atoms with E-state index in [-0.39, 0.29) is 16.1 Å². The van der Waals surface area contributed by atoms with E-state index in [9.17, 15) is 22.8 Å². The van der Waals surface area contributed by atoms with Gasteiger partial charge < -0.3 is 5.32 Å². The molecule has 2 unspecified atom stereocenters. The summed E-state index contributed by atoms with van der Waals surface area (Å²) in [4.78, 5) is 32.5. The monoisotopic (exact) mass is 555 g/mol. The van der Waals surface area contributed by atoms with E-state index < -0.39 is 35.1 Å². The maximum absolute atomic E-state index is 13.8. The molecule has 2 aromatic heterocycles. The van der Waals surface area contributed by atoms with Gasteiger partial charge in [-0.25, -0.2) is 9.69 Å². The molecule has 4 heterocycles. The summed E-state index contributed by atoms with van der Waals surface area (Å²) in [5.41, 5.74) is -0.255. The van der Waals surface area contributed by atoms with E-state index in [0.29, 0.717) is 21.5 Å². The number of nitrogens with one attached hydrogen (secondary N) is 1. The third-order valence-corrected chi connectivity index (χ3v) is 8.06. The van der Waals surface area contributed by atoms with Crippen LogP contribution in [0.4, 0.5) is 23.7 Å². The summed E-state index contributed by atoms with van der Waals surface area (Å²) in [6.07, 6.45) is 1.37. The number of carbonyl (C=O) groups excluding carboxylic acids is 2. The van der Waals surface area contributed by atoms with Gasteiger partial charge in [-0.3, -0.25) is 14.5 Å². The summed E-state index contributed by atoms with van der Waals surface area (Å²) in [7, 11) is 1.41. The maximum Gasteiger partial charge on any atom is 0.435 e. The van der Waals surface area contributed by atoms with E-state index in [4.69, 9.17) is 11.6 Å². The van der Waals surface area contributed by atoms with Crippen molar-refractivity contribution in [2.75, 3.05) is 4.90 Å². The van der Waals surface area contributed by atoms with Crippen LogP contribution in [0.1, 0.15) is 11.3 Å². The van der Waals surface area contributed by atoms with Crippen LogP contribution in [-0.4, -0.2) is 38.0 Å². The molecule has 1 saturated heterocycles. The molecule has 12 heteroatoms. The van der Waals surface area contributed by atoms with Crippen molar-refractivity contribution in [2.24, 2.45) is 7.05 Å². The molecular weight excluding hydrogens is 539 g/mol. The summed E-state index contributed by atoms with van der Waals surface area (Å²) in [5, 5.41) is 7.38. The topological polar surface area (TPSA) is 80.1 Å². The van der Waals surface area contributed by atoms with Crippen molar-refractivity contribution in [3.8, 4) is 11.1 Å². The predicted octanol–water partition coefficient (Wildman–Crippen LogP) is 5.89. The Balaban J connectivity index is 1.40. The molecule has 4 aromatic rings. The van der Waals surface area contributed by atoms with E-state index in [1.807, 2.05) is 12.1 Å². The van der Waals surface area contributed by atoms with Crippen LogP contribution in [0.25, 0.3) is 26.8 Å². The first kappa shape index (κ1) is 24.5. The lowest BCUT2D eigenvalue weighted by Crippen LogP contribution is -2.60. The van der Waals surface area contributed by atoms with Gasteiger partial charge in [0.1, 0.15) is 5.25 Å². The van der Waals surface area contributed by atoms with Gasteiger partial charge in [0.05, 0.1) is 17.9 Å². The van der Waals surface area contributed by atoms with E-state index in [2.05, 4.69) is 15.4 Å². The number of aryl methyl sites for hydroxylation is 1. The molecule has 0 aliphatic carbocycles. The summed E-state index contributed by atoms with van der Waals surface area (Å²) in [5.74, 6) is -0.459. The Morgan fingerprint density at radius 3 is 2.63 bits per heavy atom. The highest BCUT2D eigenvalue weighted by Gasteiger charge is 2.46. The summed E-state index contributed by atoms with van der Waals surface area (Å²) >= 11 is 7.68. The molecule has 6 rings (SSSR count). The summed E-state index contributed by atoms with van der Waals surface area (Å²) in [6.45, 7) is 0. The van der Waals surface area contributed by atoms with Crippen molar-refractivity contribution >= 4 is 56.7 Å². The van der Waals surface area contributed by atoms with E-state index in [1.54, 1.807) is 36.5 Å². The Bertz CT molecular complexity index is 1660. The molecule has 0 radical (unpaired) electrons. The molecule has 3 amide bonds. The Morgan fingerprint density at radius 1 is 1.05 bits per heavy atom. The summed E-state index contributed by atoms with van der Waals surface area (Å²) < 4.78 is 42.4. The van der Waals surface area contributed by atoms with Gasteiger partial charge >= 0.3 is 12.2 Å². The molecule has 2 aromatic carbocycles. The summed E-state index contributed by atoms with van der Waals surface area (Å²) in [6, 6.07) is 10.6. The number of nitrogens with zero attached hydrogens (tertiary/aromatic N) is 4. The van der Waals surface area contributed by atoms with Gasteiger partial charge in [-0.1, -0.05) is 48.0 Å². The fourth-order valence-electron chi connectivity index (χ4n) is 4.80. The SMILES string of the molecule is Cn1cc(-c2cccc(Cl)c2C2=CC3NC(=O)N(c4cncc5ccccc45)C(=O)C3S2)c(C(F)(F)F)n1. The molecule has 0 spiro atoms. The maximum atomic E-state index is 13.8. The molecule has 1 N–H and O–H groups in total. The van der Waals surface area contributed by atoms with Crippen LogP contribution in [0.2, 0.25) is 5.02 Å². The average Bonchev–Trinajstić information content (AvgIpc) is 3.47. The predicted molar refractivity (Wildman–Crippen MR) is 140 cm³/mol. The number of imide groups is 1. The second-order valence-corrected chi connectivity index (χ2v) is 10.4. The number of hydrogen-bond donors (Lipinski definition) is 1. The normalized spacial score (nSPS) is 19.5. The first-order valence-corrected chi connectivity index (χ1v) is 12.6. The van der Waals surface area contributed by atoms with Crippen LogP contribution < -0.4 is 10.2 Å². The van der Waals surface area contributed by atoms with E-state index >= 15 is 0 Å². The van der Waals surface area contributed by atoms with Crippen LogP contribution in [-0.2, 0) is 18.0 Å². The van der Waals surface area contributed by atoms with Crippen LogP contribution in [0, 0.1) is 0 Å². The highest BCUT2D eigenvalue weighted by atomic mass is 35.5. The number of benzene rings is 2. The van der Waals surface area contributed by atoms with Gasteiger partial charge in [0.15, 0.2) is 5.69 Å². The molecule has 2 aliphatic heterocycles. The Labute approximate surface area is 223 Å². The quantitative estimate of drug-likeness (QED) is 0.341. The number of hydrogen-bond acceptors (Lipinski definition) is 5. The number of urea groups is 1. The minimum Gasteiger partial charge on any atom is -0.329 e. The van der Waals surface area contributed by atoms with Crippen molar-refractivity contribution in [1.82, 2.24) is 20.1 Å². The molecule has 0 bridgehead atoms. The van der Waals surface area contributed by atoms with Crippen molar-refractivity contribution < 1.29 is 22.8 Å². The Kier molecular flexibility index (Phi) is 5.73. The van der Waals surface area contributed by atoms with Crippen molar-refractivity contribution in [2.45, 2.75) is 17.5 Å². The second-order valence-electron chi connectivity index (χ2n) is 8.82. The largest absolute Gasteiger partial charge is 0.435 e. The first-order chi connectivity index (χ1) is 18.1. The number of fused-ring (bicyclic) bond motifs is 2. The van der Waals surface area contributed by atoms with Gasteiger partial charge in [-0.15, -0.1) is 11.8 Å². The van der Waals surface area contributed by atoms with E-state index in [0.717, 1.165) is 26.7 Å². The minimum absolute atomic E-state index is 0.132. The molecule has 1 fully saturated rings. The highest BCUT2D eigenvalue weighted by Crippen LogP contribution is 2.49. The zero-order chi connectivity index (χ0) is 26.8. The van der Waals surface area contributed by atoms with Gasteiger partial charge in [0.2, 0.25) is 0 Å². The molecule has 2 aliphatic rings.